The number of amides is 2. The molecule has 1 atom stereocenters. The van der Waals surface area contributed by atoms with Gasteiger partial charge in [-0.25, -0.2) is 8.42 Å². The summed E-state index contributed by atoms with van der Waals surface area (Å²) in [5.41, 5.74) is 2.75. The Kier molecular flexibility index (Phi) is 10.4. The maximum absolute atomic E-state index is 14.0. The molecule has 3 aromatic rings. The third-order valence-corrected chi connectivity index (χ3v) is 9.01. The van der Waals surface area contributed by atoms with Crippen LogP contribution in [0.5, 0.6) is 0 Å². The minimum Gasteiger partial charge on any atom is -0.355 e. The van der Waals surface area contributed by atoms with E-state index < -0.39 is 28.5 Å². The highest BCUT2D eigenvalue weighted by molar-refractivity contribution is 7.92. The number of sulfonamides is 1. The van der Waals surface area contributed by atoms with Crippen molar-refractivity contribution >= 4 is 50.7 Å². The van der Waals surface area contributed by atoms with Gasteiger partial charge in [-0.1, -0.05) is 78.2 Å². The van der Waals surface area contributed by atoms with Crippen LogP contribution >= 0.6 is 23.2 Å². The summed E-state index contributed by atoms with van der Waals surface area (Å²) in [6.07, 6.45) is 0.339. The van der Waals surface area contributed by atoms with Gasteiger partial charge in [0, 0.05) is 13.1 Å². The highest BCUT2D eigenvalue weighted by Gasteiger charge is 2.34. The van der Waals surface area contributed by atoms with Gasteiger partial charge < -0.3 is 10.2 Å². The predicted molar refractivity (Wildman–Crippen MR) is 157 cm³/mol. The molecular formula is C29H33Cl2N3O4S. The molecule has 0 saturated carbocycles. The van der Waals surface area contributed by atoms with Crippen LogP contribution in [-0.4, -0.2) is 44.3 Å². The van der Waals surface area contributed by atoms with Crippen LogP contribution in [0.3, 0.4) is 0 Å². The van der Waals surface area contributed by atoms with Gasteiger partial charge in [-0.2, -0.15) is 0 Å². The average molecular weight is 591 g/mol. The maximum atomic E-state index is 14.0. The summed E-state index contributed by atoms with van der Waals surface area (Å²) >= 11 is 12.7. The number of carbonyl (C=O) groups is 2. The molecule has 0 aliphatic rings. The molecule has 0 heterocycles. The van der Waals surface area contributed by atoms with E-state index in [9.17, 15) is 18.0 Å². The van der Waals surface area contributed by atoms with Crippen molar-refractivity contribution in [2.24, 2.45) is 0 Å². The van der Waals surface area contributed by atoms with E-state index in [1.54, 1.807) is 31.2 Å². The lowest BCUT2D eigenvalue weighted by Gasteiger charge is -2.33. The Bertz CT molecular complexity index is 1430. The van der Waals surface area contributed by atoms with E-state index in [1.165, 1.54) is 23.1 Å². The Morgan fingerprint density at radius 1 is 0.923 bits per heavy atom. The Hall–Kier alpha value is -3.07. The molecule has 0 aliphatic heterocycles. The molecule has 0 radical (unpaired) electrons. The van der Waals surface area contributed by atoms with Crippen molar-refractivity contribution in [1.29, 1.82) is 0 Å². The zero-order valence-electron chi connectivity index (χ0n) is 22.4. The first kappa shape index (κ1) is 30.5. The summed E-state index contributed by atoms with van der Waals surface area (Å²) in [6.45, 7) is 7.32. The second kappa shape index (κ2) is 13.3. The van der Waals surface area contributed by atoms with Gasteiger partial charge in [0.25, 0.3) is 10.0 Å². The van der Waals surface area contributed by atoms with Crippen LogP contribution in [0.25, 0.3) is 0 Å². The van der Waals surface area contributed by atoms with Crippen molar-refractivity contribution < 1.29 is 18.0 Å². The summed E-state index contributed by atoms with van der Waals surface area (Å²) in [6, 6.07) is 17.7. The monoisotopic (exact) mass is 589 g/mol. The molecule has 2 amide bonds. The first-order chi connectivity index (χ1) is 18.5. The van der Waals surface area contributed by atoms with Gasteiger partial charge in [-0.3, -0.25) is 13.9 Å². The van der Waals surface area contributed by atoms with E-state index in [4.69, 9.17) is 23.2 Å². The lowest BCUT2D eigenvalue weighted by atomic mass is 10.1. The molecule has 0 aliphatic carbocycles. The summed E-state index contributed by atoms with van der Waals surface area (Å²) in [5, 5.41) is 2.94. The van der Waals surface area contributed by atoms with Gasteiger partial charge >= 0.3 is 0 Å². The Morgan fingerprint density at radius 3 is 2.21 bits per heavy atom. The zero-order chi connectivity index (χ0) is 28.7. The fourth-order valence-electron chi connectivity index (χ4n) is 4.22. The van der Waals surface area contributed by atoms with Crippen molar-refractivity contribution in [2.75, 3.05) is 17.4 Å². The zero-order valence-corrected chi connectivity index (χ0v) is 24.8. The fourth-order valence-corrected chi connectivity index (χ4v) is 6.09. The van der Waals surface area contributed by atoms with E-state index >= 15 is 0 Å². The van der Waals surface area contributed by atoms with E-state index in [2.05, 4.69) is 5.32 Å². The van der Waals surface area contributed by atoms with Gasteiger partial charge in [0.15, 0.2) is 0 Å². The molecule has 0 unspecified atom stereocenters. The highest BCUT2D eigenvalue weighted by Crippen LogP contribution is 2.35. The number of hydrogen-bond donors (Lipinski definition) is 1. The molecule has 0 bridgehead atoms. The SMILES string of the molecule is CCNC(=O)[C@@H](CC)N(Cc1ccccc1C)C(=O)CN(c1cccc(Cl)c1Cl)S(=O)(=O)c1ccc(C)cc1. The standard InChI is InChI=1S/C29H33Cl2N3O4S/c1-5-25(29(36)32-6-2)33(18-22-11-8-7-10-21(22)4)27(35)19-34(26-13-9-12-24(30)28(26)31)39(37,38)23-16-14-20(3)15-17-23/h7-17,25H,5-6,18-19H2,1-4H3,(H,32,36)/t25-/m1/s1. The first-order valence-corrected chi connectivity index (χ1v) is 14.9. The van der Waals surface area contributed by atoms with E-state index in [1.807, 2.05) is 45.0 Å². The normalized spacial score (nSPS) is 12.1. The number of rotatable bonds is 11. The number of hydrogen-bond acceptors (Lipinski definition) is 4. The number of halogens is 2. The minimum atomic E-state index is -4.24. The van der Waals surface area contributed by atoms with Gasteiger partial charge in [0.1, 0.15) is 12.6 Å². The van der Waals surface area contributed by atoms with Crippen molar-refractivity contribution in [1.82, 2.24) is 10.2 Å². The van der Waals surface area contributed by atoms with Crippen molar-refractivity contribution in [2.45, 2.75) is 51.6 Å². The van der Waals surface area contributed by atoms with Crippen molar-refractivity contribution in [3.8, 4) is 0 Å². The van der Waals surface area contributed by atoms with Crippen molar-refractivity contribution in [3.05, 3.63) is 93.5 Å². The van der Waals surface area contributed by atoms with Crippen LogP contribution in [0.2, 0.25) is 10.0 Å². The molecule has 10 heteroatoms. The first-order valence-electron chi connectivity index (χ1n) is 12.7. The molecule has 0 fully saturated rings. The highest BCUT2D eigenvalue weighted by atomic mass is 35.5. The van der Waals surface area contributed by atoms with E-state index in [0.717, 1.165) is 21.0 Å². The Morgan fingerprint density at radius 2 is 1.59 bits per heavy atom. The largest absolute Gasteiger partial charge is 0.355 e. The number of aryl methyl sites for hydroxylation is 2. The minimum absolute atomic E-state index is 0.00170. The number of anilines is 1. The Balaban J connectivity index is 2.12. The fraction of sp³-hybridized carbons (Fsp3) is 0.310. The lowest BCUT2D eigenvalue weighted by Crippen LogP contribution is -2.52. The second-order valence-corrected chi connectivity index (χ2v) is 11.8. The van der Waals surface area contributed by atoms with E-state index in [0.29, 0.717) is 13.0 Å². The molecule has 0 aromatic heterocycles. The molecule has 0 spiro atoms. The van der Waals surface area contributed by atoms with E-state index in [-0.39, 0.29) is 33.1 Å². The summed E-state index contributed by atoms with van der Waals surface area (Å²) in [5.74, 6) is -0.862. The molecule has 7 nitrogen and oxygen atoms in total. The molecule has 3 aromatic carbocycles. The Labute approximate surface area is 240 Å². The van der Waals surface area contributed by atoms with Crippen LogP contribution in [0, 0.1) is 13.8 Å². The van der Waals surface area contributed by atoms with Crippen LogP contribution in [0.4, 0.5) is 5.69 Å². The summed E-state index contributed by atoms with van der Waals surface area (Å²) in [7, 11) is -4.24. The molecule has 39 heavy (non-hydrogen) atoms. The van der Waals surface area contributed by atoms with Gasteiger partial charge in [-0.15, -0.1) is 0 Å². The predicted octanol–water partition coefficient (Wildman–Crippen LogP) is 5.75. The third-order valence-electron chi connectivity index (χ3n) is 6.43. The van der Waals surface area contributed by atoms with Crippen LogP contribution in [-0.2, 0) is 26.2 Å². The third kappa shape index (κ3) is 7.12. The molecular weight excluding hydrogens is 557 g/mol. The summed E-state index contributed by atoms with van der Waals surface area (Å²) in [4.78, 5) is 28.5. The molecule has 0 saturated heterocycles. The smallest absolute Gasteiger partial charge is 0.264 e. The number of likely N-dealkylation sites (N-methyl/N-ethyl adjacent to an activating group) is 1. The lowest BCUT2D eigenvalue weighted by molar-refractivity contribution is -0.140. The second-order valence-electron chi connectivity index (χ2n) is 9.16. The number of nitrogens with one attached hydrogen (secondary N) is 1. The maximum Gasteiger partial charge on any atom is 0.264 e. The van der Waals surface area contributed by atoms with Gasteiger partial charge in [-0.05, 0) is 62.6 Å². The molecule has 3 rings (SSSR count). The molecule has 1 N–H and O–H groups in total. The van der Waals surface area contributed by atoms with Gasteiger partial charge in [0.2, 0.25) is 11.8 Å². The summed E-state index contributed by atoms with van der Waals surface area (Å²) < 4.78 is 28.8. The molecule has 208 valence electrons. The average Bonchev–Trinajstić information content (AvgIpc) is 2.90. The van der Waals surface area contributed by atoms with Gasteiger partial charge in [0.05, 0.1) is 20.6 Å². The number of nitrogens with zero attached hydrogens (tertiary/aromatic N) is 2. The van der Waals surface area contributed by atoms with Crippen molar-refractivity contribution in [3.63, 3.8) is 0 Å². The number of benzene rings is 3. The quantitative estimate of drug-likeness (QED) is 0.308. The van der Waals surface area contributed by atoms with Crippen LogP contribution < -0.4 is 9.62 Å². The van der Waals surface area contributed by atoms with Crippen LogP contribution in [0.1, 0.15) is 37.0 Å². The topological polar surface area (TPSA) is 86.8 Å². The number of carbonyl (C=O) groups excluding carboxylic acids is 2. The van der Waals surface area contributed by atoms with Crippen LogP contribution in [0.15, 0.2) is 71.6 Å².